The molecular weight excluding hydrogens is 256 g/mol. The molecule has 0 spiro atoms. The summed E-state index contributed by atoms with van der Waals surface area (Å²) in [5.41, 5.74) is 0.668. The van der Waals surface area contributed by atoms with E-state index in [-0.39, 0.29) is 11.9 Å². The van der Waals surface area contributed by atoms with Crippen LogP contribution in [0.5, 0.6) is 5.75 Å². The number of nitrogens with one attached hydrogen (secondary N) is 2. The molecule has 1 aromatic carbocycles. The van der Waals surface area contributed by atoms with Gasteiger partial charge in [-0.1, -0.05) is 0 Å². The van der Waals surface area contributed by atoms with E-state index in [1.807, 2.05) is 12.1 Å². The van der Waals surface area contributed by atoms with Gasteiger partial charge >= 0.3 is 0 Å². The average molecular weight is 278 g/mol. The van der Waals surface area contributed by atoms with Crippen LogP contribution in [-0.4, -0.2) is 45.4 Å². The van der Waals surface area contributed by atoms with Crippen LogP contribution in [-0.2, 0) is 4.74 Å². The van der Waals surface area contributed by atoms with Gasteiger partial charge in [-0.05, 0) is 37.2 Å². The van der Waals surface area contributed by atoms with Crippen LogP contribution < -0.4 is 15.4 Å². The number of benzene rings is 1. The Labute approximate surface area is 119 Å². The van der Waals surface area contributed by atoms with Crippen molar-refractivity contribution in [2.75, 3.05) is 33.4 Å². The Kier molecular flexibility index (Phi) is 5.83. The van der Waals surface area contributed by atoms with Crippen molar-refractivity contribution in [3.05, 3.63) is 29.8 Å². The Morgan fingerprint density at radius 2 is 2.15 bits per heavy atom. The van der Waals surface area contributed by atoms with Crippen molar-refractivity contribution in [2.24, 2.45) is 0 Å². The van der Waals surface area contributed by atoms with Crippen LogP contribution in [0, 0.1) is 0 Å². The molecule has 0 aromatic heterocycles. The van der Waals surface area contributed by atoms with Gasteiger partial charge in [0.25, 0.3) is 5.91 Å². The first kappa shape index (κ1) is 14.8. The van der Waals surface area contributed by atoms with Crippen molar-refractivity contribution in [1.82, 2.24) is 10.6 Å². The summed E-state index contributed by atoms with van der Waals surface area (Å²) in [5.74, 6) is 0.754. The number of carbonyl (C=O) groups excluding carboxylic acids is 1. The van der Waals surface area contributed by atoms with Crippen molar-refractivity contribution < 1.29 is 14.3 Å². The third kappa shape index (κ3) is 4.51. The molecule has 1 atom stereocenters. The normalized spacial score (nSPS) is 17.9. The number of rotatable bonds is 7. The molecule has 0 aliphatic carbocycles. The van der Waals surface area contributed by atoms with Gasteiger partial charge in [0.15, 0.2) is 0 Å². The number of methoxy groups -OCH3 is 1. The number of hydrogen-bond acceptors (Lipinski definition) is 4. The molecule has 2 rings (SSSR count). The van der Waals surface area contributed by atoms with Gasteiger partial charge in [0.05, 0.1) is 6.61 Å². The first-order valence-corrected chi connectivity index (χ1v) is 7.03. The molecule has 5 nitrogen and oxygen atoms in total. The van der Waals surface area contributed by atoms with Crippen LogP contribution in [0.15, 0.2) is 24.3 Å². The van der Waals surface area contributed by atoms with Gasteiger partial charge in [0.2, 0.25) is 0 Å². The molecular formula is C15H22N2O3. The van der Waals surface area contributed by atoms with Gasteiger partial charge in [0, 0.05) is 38.3 Å². The summed E-state index contributed by atoms with van der Waals surface area (Å²) >= 11 is 0. The maximum Gasteiger partial charge on any atom is 0.251 e. The summed E-state index contributed by atoms with van der Waals surface area (Å²) in [4.78, 5) is 12.0. The molecule has 1 heterocycles. The summed E-state index contributed by atoms with van der Waals surface area (Å²) in [6.07, 6.45) is 1.85. The number of amides is 1. The highest BCUT2D eigenvalue weighted by Crippen LogP contribution is 2.13. The van der Waals surface area contributed by atoms with E-state index in [4.69, 9.17) is 9.47 Å². The molecule has 5 heteroatoms. The molecule has 0 saturated carbocycles. The highest BCUT2D eigenvalue weighted by atomic mass is 16.5. The van der Waals surface area contributed by atoms with E-state index in [1.165, 1.54) is 0 Å². The summed E-state index contributed by atoms with van der Waals surface area (Å²) in [6.45, 7) is 3.13. The lowest BCUT2D eigenvalue weighted by molar-refractivity contribution is 0.0940. The molecule has 1 aromatic rings. The SMILES string of the molecule is COCCCOc1ccc(C(=O)NC2CCNC2)cc1. The zero-order valence-electron chi connectivity index (χ0n) is 11.9. The van der Waals surface area contributed by atoms with Gasteiger partial charge in [0.1, 0.15) is 5.75 Å². The Morgan fingerprint density at radius 3 is 2.80 bits per heavy atom. The Hall–Kier alpha value is -1.59. The topological polar surface area (TPSA) is 59.6 Å². The van der Waals surface area contributed by atoms with Gasteiger partial charge < -0.3 is 20.1 Å². The van der Waals surface area contributed by atoms with Crippen molar-refractivity contribution >= 4 is 5.91 Å². The second-order valence-corrected chi connectivity index (χ2v) is 4.88. The largest absolute Gasteiger partial charge is 0.494 e. The van der Waals surface area contributed by atoms with E-state index in [0.29, 0.717) is 18.8 Å². The molecule has 1 saturated heterocycles. The predicted octanol–water partition coefficient (Wildman–Crippen LogP) is 1.19. The van der Waals surface area contributed by atoms with Crippen LogP contribution in [0.3, 0.4) is 0 Å². The minimum absolute atomic E-state index is 0.0235. The van der Waals surface area contributed by atoms with E-state index in [2.05, 4.69) is 10.6 Å². The third-order valence-electron chi connectivity index (χ3n) is 3.27. The standard InChI is InChI=1S/C15H22N2O3/c1-19-9-2-10-20-14-5-3-12(4-6-14)15(18)17-13-7-8-16-11-13/h3-6,13,16H,2,7-11H2,1H3,(H,17,18). The first-order valence-electron chi connectivity index (χ1n) is 7.03. The molecule has 1 aliphatic rings. The summed E-state index contributed by atoms with van der Waals surface area (Å²) in [7, 11) is 1.67. The number of ether oxygens (including phenoxy) is 2. The van der Waals surface area contributed by atoms with Crippen molar-refractivity contribution in [2.45, 2.75) is 18.9 Å². The molecule has 110 valence electrons. The molecule has 1 aliphatic heterocycles. The smallest absolute Gasteiger partial charge is 0.251 e. The minimum Gasteiger partial charge on any atom is -0.494 e. The molecule has 2 N–H and O–H groups in total. The summed E-state index contributed by atoms with van der Waals surface area (Å²) < 4.78 is 10.5. The zero-order valence-corrected chi connectivity index (χ0v) is 11.9. The second-order valence-electron chi connectivity index (χ2n) is 4.88. The van der Waals surface area contributed by atoms with Crippen LogP contribution in [0.1, 0.15) is 23.2 Å². The van der Waals surface area contributed by atoms with Crippen LogP contribution in [0.4, 0.5) is 0 Å². The lowest BCUT2D eigenvalue weighted by Gasteiger charge is -2.11. The fraction of sp³-hybridized carbons (Fsp3) is 0.533. The van der Waals surface area contributed by atoms with Crippen molar-refractivity contribution in [1.29, 1.82) is 0 Å². The minimum atomic E-state index is -0.0235. The average Bonchev–Trinajstić information content (AvgIpc) is 2.97. The number of hydrogen-bond donors (Lipinski definition) is 2. The monoisotopic (exact) mass is 278 g/mol. The Bertz CT molecular complexity index is 414. The predicted molar refractivity (Wildman–Crippen MR) is 77.2 cm³/mol. The zero-order chi connectivity index (χ0) is 14.2. The van der Waals surface area contributed by atoms with Crippen molar-refractivity contribution in [3.63, 3.8) is 0 Å². The quantitative estimate of drug-likeness (QED) is 0.736. The van der Waals surface area contributed by atoms with Crippen LogP contribution in [0.2, 0.25) is 0 Å². The van der Waals surface area contributed by atoms with E-state index in [0.717, 1.165) is 31.7 Å². The maximum atomic E-state index is 12.0. The summed E-state index contributed by atoms with van der Waals surface area (Å²) in [6, 6.07) is 7.49. The Morgan fingerprint density at radius 1 is 1.35 bits per heavy atom. The second kappa shape index (κ2) is 7.87. The highest BCUT2D eigenvalue weighted by molar-refractivity contribution is 5.94. The Balaban J connectivity index is 1.79. The molecule has 0 radical (unpaired) electrons. The van der Waals surface area contributed by atoms with E-state index in [1.54, 1.807) is 19.2 Å². The fourth-order valence-electron chi connectivity index (χ4n) is 2.14. The van der Waals surface area contributed by atoms with E-state index >= 15 is 0 Å². The van der Waals surface area contributed by atoms with Gasteiger partial charge in [-0.2, -0.15) is 0 Å². The first-order chi connectivity index (χ1) is 9.79. The molecule has 20 heavy (non-hydrogen) atoms. The van der Waals surface area contributed by atoms with Crippen molar-refractivity contribution in [3.8, 4) is 5.75 Å². The molecule has 1 amide bonds. The maximum absolute atomic E-state index is 12.0. The fourth-order valence-corrected chi connectivity index (χ4v) is 2.14. The van der Waals surface area contributed by atoms with Crippen LogP contribution >= 0.6 is 0 Å². The number of carbonyl (C=O) groups is 1. The third-order valence-corrected chi connectivity index (χ3v) is 3.27. The molecule has 1 fully saturated rings. The molecule has 0 bridgehead atoms. The van der Waals surface area contributed by atoms with Gasteiger partial charge in [-0.25, -0.2) is 0 Å². The lowest BCUT2D eigenvalue weighted by Crippen LogP contribution is -2.36. The van der Waals surface area contributed by atoms with Gasteiger partial charge in [-0.15, -0.1) is 0 Å². The van der Waals surface area contributed by atoms with E-state index < -0.39 is 0 Å². The van der Waals surface area contributed by atoms with E-state index in [9.17, 15) is 4.79 Å². The lowest BCUT2D eigenvalue weighted by atomic mass is 10.2. The van der Waals surface area contributed by atoms with Crippen LogP contribution in [0.25, 0.3) is 0 Å². The highest BCUT2D eigenvalue weighted by Gasteiger charge is 2.17. The molecule has 1 unspecified atom stereocenters. The van der Waals surface area contributed by atoms with Gasteiger partial charge in [-0.3, -0.25) is 4.79 Å². The summed E-state index contributed by atoms with van der Waals surface area (Å²) in [5, 5.41) is 6.24.